The predicted molar refractivity (Wildman–Crippen MR) is 101 cm³/mol. The third-order valence-corrected chi connectivity index (χ3v) is 5.06. The van der Waals surface area contributed by atoms with E-state index in [0.717, 1.165) is 16.7 Å². The van der Waals surface area contributed by atoms with Crippen molar-refractivity contribution in [3.05, 3.63) is 27.1 Å². The summed E-state index contributed by atoms with van der Waals surface area (Å²) in [4.78, 5) is 37.7. The molecule has 1 aliphatic heterocycles. The Morgan fingerprint density at radius 1 is 1.31 bits per heavy atom. The minimum atomic E-state index is -0.981. The molecule has 0 aliphatic carbocycles. The van der Waals surface area contributed by atoms with Crippen molar-refractivity contribution >= 4 is 50.9 Å². The minimum Gasteiger partial charge on any atom is -0.493 e. The molecule has 0 saturated carbocycles. The lowest BCUT2D eigenvalue weighted by Crippen LogP contribution is -2.42. The molecule has 1 fully saturated rings. The average molecular weight is 444 g/mol. The Morgan fingerprint density at radius 3 is 2.58 bits per heavy atom. The average Bonchev–Trinajstić information content (AvgIpc) is 2.87. The number of hydrogen-bond acceptors (Lipinski definition) is 7. The zero-order valence-electron chi connectivity index (χ0n) is 14.7. The van der Waals surface area contributed by atoms with Gasteiger partial charge in [-0.05, 0) is 65.3 Å². The Kier molecular flexibility index (Phi) is 6.71. The van der Waals surface area contributed by atoms with Crippen LogP contribution < -0.4 is 9.47 Å². The van der Waals surface area contributed by atoms with E-state index in [1.807, 2.05) is 0 Å². The highest BCUT2D eigenvalue weighted by molar-refractivity contribution is 9.10. The molecule has 7 nitrogen and oxygen atoms in total. The van der Waals surface area contributed by atoms with Crippen molar-refractivity contribution in [2.45, 2.75) is 19.9 Å². The van der Waals surface area contributed by atoms with Gasteiger partial charge in [-0.3, -0.25) is 14.5 Å². The van der Waals surface area contributed by atoms with Gasteiger partial charge in [0.25, 0.3) is 11.1 Å². The van der Waals surface area contributed by atoms with Crippen LogP contribution in [0.25, 0.3) is 6.08 Å². The van der Waals surface area contributed by atoms with Gasteiger partial charge in [0.2, 0.25) is 0 Å². The van der Waals surface area contributed by atoms with E-state index in [1.165, 1.54) is 21.1 Å². The van der Waals surface area contributed by atoms with Crippen molar-refractivity contribution in [2.75, 3.05) is 20.8 Å². The summed E-state index contributed by atoms with van der Waals surface area (Å²) in [7, 11) is 3.02. The second kappa shape index (κ2) is 8.59. The summed E-state index contributed by atoms with van der Waals surface area (Å²) >= 11 is 4.16. The van der Waals surface area contributed by atoms with Gasteiger partial charge >= 0.3 is 5.97 Å². The van der Waals surface area contributed by atoms with Crippen LogP contribution in [-0.2, 0) is 14.3 Å². The molecule has 9 heteroatoms. The molecule has 1 aromatic rings. The van der Waals surface area contributed by atoms with E-state index >= 15 is 0 Å². The maximum Gasteiger partial charge on any atom is 0.329 e. The maximum atomic E-state index is 12.6. The summed E-state index contributed by atoms with van der Waals surface area (Å²) in [5.41, 5.74) is 0.642. The topological polar surface area (TPSA) is 82.1 Å². The fourth-order valence-electron chi connectivity index (χ4n) is 2.35. The van der Waals surface area contributed by atoms with Crippen LogP contribution in [-0.4, -0.2) is 48.9 Å². The van der Waals surface area contributed by atoms with Crippen molar-refractivity contribution < 1.29 is 28.6 Å². The van der Waals surface area contributed by atoms with Crippen LogP contribution in [0.2, 0.25) is 0 Å². The standard InChI is InChI=1S/C17H18BrNO6S/c1-5-25-16(21)9(2)19-15(20)13(26-17(19)22)8-10-6-11(18)14(24-4)12(7-10)23-3/h6-9H,5H2,1-4H3/b13-8-. The molecule has 0 radical (unpaired) electrons. The molecule has 1 unspecified atom stereocenters. The zero-order valence-corrected chi connectivity index (χ0v) is 17.1. The van der Waals surface area contributed by atoms with Gasteiger partial charge in [0.15, 0.2) is 11.5 Å². The Balaban J connectivity index is 2.33. The lowest BCUT2D eigenvalue weighted by molar-refractivity contribution is -0.150. The quantitative estimate of drug-likeness (QED) is 0.491. The molecule has 1 aromatic carbocycles. The number of methoxy groups -OCH3 is 2. The molecule has 26 heavy (non-hydrogen) atoms. The fourth-order valence-corrected chi connectivity index (χ4v) is 3.88. The van der Waals surface area contributed by atoms with Gasteiger partial charge in [-0.25, -0.2) is 4.79 Å². The van der Waals surface area contributed by atoms with Crippen LogP contribution in [0, 0.1) is 0 Å². The molecule has 140 valence electrons. The third kappa shape index (κ3) is 4.04. The second-order valence-corrected chi connectivity index (χ2v) is 7.07. The van der Waals surface area contributed by atoms with Crippen LogP contribution >= 0.6 is 27.7 Å². The summed E-state index contributed by atoms with van der Waals surface area (Å²) in [6.45, 7) is 3.30. The lowest BCUT2D eigenvalue weighted by atomic mass is 10.1. The number of ether oxygens (including phenoxy) is 3. The molecule has 0 aromatic heterocycles. The first-order valence-corrected chi connectivity index (χ1v) is 9.30. The van der Waals surface area contributed by atoms with Crippen LogP contribution in [0.3, 0.4) is 0 Å². The van der Waals surface area contributed by atoms with Gasteiger partial charge in [0.05, 0.1) is 30.2 Å². The first-order valence-electron chi connectivity index (χ1n) is 7.69. The van der Waals surface area contributed by atoms with Gasteiger partial charge in [-0.2, -0.15) is 0 Å². The van der Waals surface area contributed by atoms with E-state index in [-0.39, 0.29) is 11.5 Å². The van der Waals surface area contributed by atoms with Crippen molar-refractivity contribution in [1.82, 2.24) is 4.90 Å². The first-order chi connectivity index (χ1) is 12.3. The van der Waals surface area contributed by atoms with Gasteiger partial charge in [0, 0.05) is 0 Å². The molecule has 2 rings (SSSR count). The highest BCUT2D eigenvalue weighted by Crippen LogP contribution is 2.39. The number of rotatable bonds is 6. The number of amides is 2. The molecule has 0 spiro atoms. The lowest BCUT2D eigenvalue weighted by Gasteiger charge is -2.19. The Morgan fingerprint density at radius 2 is 2.00 bits per heavy atom. The number of carbonyl (C=O) groups is 3. The highest BCUT2D eigenvalue weighted by Gasteiger charge is 2.41. The molecular weight excluding hydrogens is 426 g/mol. The summed E-state index contributed by atoms with van der Waals surface area (Å²) in [6.07, 6.45) is 1.56. The van der Waals surface area contributed by atoms with Crippen LogP contribution in [0.15, 0.2) is 21.5 Å². The SMILES string of the molecule is CCOC(=O)C(C)N1C(=O)S/C(=C\c2cc(Br)c(OC)c(OC)c2)C1=O. The number of nitrogens with zero attached hydrogens (tertiary/aromatic N) is 1. The van der Waals surface area contributed by atoms with Gasteiger partial charge in [-0.15, -0.1) is 0 Å². The minimum absolute atomic E-state index is 0.175. The monoisotopic (exact) mass is 443 g/mol. The van der Waals surface area contributed by atoms with Crippen molar-refractivity contribution in [3.8, 4) is 11.5 Å². The van der Waals surface area contributed by atoms with E-state index in [4.69, 9.17) is 14.2 Å². The molecule has 0 bridgehead atoms. The summed E-state index contributed by atoms with van der Waals surface area (Å²) < 4.78 is 16.1. The van der Waals surface area contributed by atoms with Crippen LogP contribution in [0.4, 0.5) is 4.79 Å². The van der Waals surface area contributed by atoms with E-state index in [2.05, 4.69) is 15.9 Å². The van der Waals surface area contributed by atoms with Gasteiger partial charge < -0.3 is 14.2 Å². The number of imide groups is 1. The Hall–Kier alpha value is -2.00. The molecule has 1 atom stereocenters. The van der Waals surface area contributed by atoms with E-state index < -0.39 is 23.2 Å². The summed E-state index contributed by atoms with van der Waals surface area (Å²) in [6, 6.07) is 2.45. The largest absolute Gasteiger partial charge is 0.493 e. The highest BCUT2D eigenvalue weighted by atomic mass is 79.9. The molecule has 1 saturated heterocycles. The van der Waals surface area contributed by atoms with E-state index in [0.29, 0.717) is 21.5 Å². The number of hydrogen-bond donors (Lipinski definition) is 0. The smallest absolute Gasteiger partial charge is 0.329 e. The zero-order chi connectivity index (χ0) is 19.4. The Labute approximate surface area is 163 Å². The number of thioether (sulfide) groups is 1. The van der Waals surface area contributed by atoms with Crippen molar-refractivity contribution in [1.29, 1.82) is 0 Å². The molecule has 1 heterocycles. The number of carbonyl (C=O) groups excluding carboxylic acids is 3. The van der Waals surface area contributed by atoms with Crippen LogP contribution in [0.5, 0.6) is 11.5 Å². The fraction of sp³-hybridized carbons (Fsp3) is 0.353. The second-order valence-electron chi connectivity index (χ2n) is 5.22. The number of benzene rings is 1. The van der Waals surface area contributed by atoms with Gasteiger partial charge in [0.1, 0.15) is 6.04 Å². The first kappa shape index (κ1) is 20.3. The maximum absolute atomic E-state index is 12.6. The summed E-state index contributed by atoms with van der Waals surface area (Å²) in [5.74, 6) is -0.155. The molecule has 2 amide bonds. The predicted octanol–water partition coefficient (Wildman–Crippen LogP) is 3.45. The molecule has 1 aliphatic rings. The normalized spacial score (nSPS) is 16.8. The van der Waals surface area contributed by atoms with Crippen molar-refractivity contribution in [2.24, 2.45) is 0 Å². The third-order valence-electron chi connectivity index (χ3n) is 3.59. The molecular formula is C17H18BrNO6S. The van der Waals surface area contributed by atoms with E-state index in [1.54, 1.807) is 25.1 Å². The molecule has 0 N–H and O–H groups in total. The Bertz CT molecular complexity index is 779. The number of esters is 1. The van der Waals surface area contributed by atoms with Crippen LogP contribution in [0.1, 0.15) is 19.4 Å². The summed E-state index contributed by atoms with van der Waals surface area (Å²) in [5, 5.41) is -0.513. The van der Waals surface area contributed by atoms with Crippen molar-refractivity contribution in [3.63, 3.8) is 0 Å². The number of halogens is 1. The van der Waals surface area contributed by atoms with Gasteiger partial charge in [-0.1, -0.05) is 0 Å². The van der Waals surface area contributed by atoms with E-state index in [9.17, 15) is 14.4 Å².